The molecular formula is C14H20FN3O2. The number of nitrogens with zero attached hydrogens (tertiary/aromatic N) is 2. The van der Waals surface area contributed by atoms with Crippen molar-refractivity contribution in [3.8, 4) is 0 Å². The summed E-state index contributed by atoms with van der Waals surface area (Å²) in [5.74, 6) is -1.90. The van der Waals surface area contributed by atoms with Crippen molar-refractivity contribution in [2.45, 2.75) is 18.9 Å². The minimum atomic E-state index is -1.20. The summed E-state index contributed by atoms with van der Waals surface area (Å²) in [6.45, 7) is 1.75. The maximum absolute atomic E-state index is 13.4. The Morgan fingerprint density at radius 2 is 2.30 bits per heavy atom. The lowest BCUT2D eigenvalue weighted by molar-refractivity contribution is 0.0698. The molecule has 1 aromatic rings. The van der Waals surface area contributed by atoms with Crippen LogP contribution in [0.1, 0.15) is 23.2 Å². The number of carboxylic acid groups (broad SMARTS) is 1. The van der Waals surface area contributed by atoms with E-state index in [1.807, 2.05) is 11.9 Å². The summed E-state index contributed by atoms with van der Waals surface area (Å²) >= 11 is 0. The van der Waals surface area contributed by atoms with Gasteiger partial charge in [-0.2, -0.15) is 0 Å². The maximum atomic E-state index is 13.4. The van der Waals surface area contributed by atoms with E-state index in [2.05, 4.69) is 11.9 Å². The number of rotatable bonds is 4. The molecule has 5 nitrogen and oxygen atoms in total. The van der Waals surface area contributed by atoms with Crippen molar-refractivity contribution < 1.29 is 14.3 Å². The molecule has 0 amide bonds. The van der Waals surface area contributed by atoms with Gasteiger partial charge in [-0.25, -0.2) is 9.18 Å². The first kappa shape index (κ1) is 14.6. The Balaban J connectivity index is 2.27. The fourth-order valence-electron chi connectivity index (χ4n) is 2.75. The summed E-state index contributed by atoms with van der Waals surface area (Å²) < 4.78 is 13.4. The van der Waals surface area contributed by atoms with E-state index in [4.69, 9.17) is 5.73 Å². The molecule has 110 valence electrons. The lowest BCUT2D eigenvalue weighted by Crippen LogP contribution is -2.37. The molecule has 0 bridgehead atoms. The van der Waals surface area contributed by atoms with Crippen molar-refractivity contribution in [1.82, 2.24) is 4.90 Å². The molecule has 1 unspecified atom stereocenters. The summed E-state index contributed by atoms with van der Waals surface area (Å²) in [5.41, 5.74) is 5.56. The topological polar surface area (TPSA) is 69.8 Å². The van der Waals surface area contributed by atoms with Gasteiger partial charge in [0, 0.05) is 19.6 Å². The van der Waals surface area contributed by atoms with Gasteiger partial charge >= 0.3 is 5.97 Å². The summed E-state index contributed by atoms with van der Waals surface area (Å²) in [7, 11) is 3.87. The number of hydrogen-bond donors (Lipinski definition) is 2. The Hall–Kier alpha value is -1.82. The minimum absolute atomic E-state index is 0.159. The predicted molar refractivity (Wildman–Crippen MR) is 76.7 cm³/mol. The normalized spacial score (nSPS) is 19.2. The van der Waals surface area contributed by atoms with Crippen LogP contribution < -0.4 is 10.6 Å². The maximum Gasteiger partial charge on any atom is 0.340 e. The van der Waals surface area contributed by atoms with Crippen LogP contribution in [0.5, 0.6) is 0 Å². The summed E-state index contributed by atoms with van der Waals surface area (Å²) in [6, 6.07) is 3.07. The van der Waals surface area contributed by atoms with Gasteiger partial charge in [0.25, 0.3) is 0 Å². The van der Waals surface area contributed by atoms with Gasteiger partial charge in [-0.05, 0) is 38.6 Å². The average molecular weight is 281 g/mol. The highest BCUT2D eigenvalue weighted by Crippen LogP contribution is 2.28. The Bertz CT molecular complexity index is 521. The zero-order chi connectivity index (χ0) is 14.9. The Morgan fingerprint density at radius 3 is 2.85 bits per heavy atom. The van der Waals surface area contributed by atoms with E-state index in [0.717, 1.165) is 19.4 Å². The van der Waals surface area contributed by atoms with Gasteiger partial charge in [-0.1, -0.05) is 0 Å². The first-order chi connectivity index (χ1) is 9.41. The number of carboxylic acids is 1. The van der Waals surface area contributed by atoms with Crippen LogP contribution in [0.25, 0.3) is 0 Å². The van der Waals surface area contributed by atoms with Gasteiger partial charge in [-0.15, -0.1) is 0 Å². The van der Waals surface area contributed by atoms with Crippen LogP contribution in [-0.4, -0.2) is 49.2 Å². The van der Waals surface area contributed by atoms with Crippen LogP contribution >= 0.6 is 0 Å². The van der Waals surface area contributed by atoms with Gasteiger partial charge < -0.3 is 20.6 Å². The van der Waals surface area contributed by atoms with Crippen molar-refractivity contribution in [3.63, 3.8) is 0 Å². The third-order valence-corrected chi connectivity index (χ3v) is 3.95. The molecule has 2 rings (SSSR count). The summed E-state index contributed by atoms with van der Waals surface area (Å²) in [5, 5.41) is 9.25. The lowest BCUT2D eigenvalue weighted by Gasteiger charge is -2.28. The highest BCUT2D eigenvalue weighted by molar-refractivity contribution is 6.00. The third kappa shape index (κ3) is 2.70. The third-order valence-electron chi connectivity index (χ3n) is 3.95. The first-order valence-electron chi connectivity index (χ1n) is 6.64. The number of nitrogen functional groups attached to an aromatic ring is 1. The fourth-order valence-corrected chi connectivity index (χ4v) is 2.75. The molecule has 1 heterocycles. The van der Waals surface area contributed by atoms with E-state index >= 15 is 0 Å². The molecule has 0 spiro atoms. The summed E-state index contributed by atoms with van der Waals surface area (Å²) in [6.07, 6.45) is 2.23. The minimum Gasteiger partial charge on any atom is -0.478 e. The Labute approximate surface area is 117 Å². The number of likely N-dealkylation sites (N-methyl/N-ethyl adjacent to an activating group) is 2. The molecule has 3 N–H and O–H groups in total. The lowest BCUT2D eigenvalue weighted by atomic mass is 10.1. The van der Waals surface area contributed by atoms with E-state index < -0.39 is 11.8 Å². The smallest absolute Gasteiger partial charge is 0.340 e. The van der Waals surface area contributed by atoms with Crippen molar-refractivity contribution >= 4 is 17.3 Å². The number of nitrogens with two attached hydrogens (primary N) is 1. The standard InChI is InChI=1S/C14H20FN3O2/c1-17-7-3-4-9(17)8-18(2)11-6-5-10(15)13(16)12(11)14(19)20/h5-6,9H,3-4,7-8,16H2,1-2H3,(H,19,20). The highest BCUT2D eigenvalue weighted by Gasteiger charge is 2.25. The van der Waals surface area contributed by atoms with Crippen LogP contribution in [0.2, 0.25) is 0 Å². The summed E-state index contributed by atoms with van der Waals surface area (Å²) in [4.78, 5) is 15.4. The molecule has 1 aliphatic rings. The number of aromatic carboxylic acids is 1. The Kier molecular flexibility index (Phi) is 4.13. The van der Waals surface area contributed by atoms with Crippen LogP contribution in [0.3, 0.4) is 0 Å². The second-order valence-electron chi connectivity index (χ2n) is 5.32. The van der Waals surface area contributed by atoms with E-state index in [0.29, 0.717) is 18.3 Å². The van der Waals surface area contributed by atoms with Crippen molar-refractivity contribution in [2.75, 3.05) is 37.8 Å². The molecule has 1 saturated heterocycles. The largest absolute Gasteiger partial charge is 0.478 e. The molecular weight excluding hydrogens is 261 g/mol. The van der Waals surface area contributed by atoms with Gasteiger partial charge in [0.15, 0.2) is 0 Å². The zero-order valence-electron chi connectivity index (χ0n) is 11.8. The molecule has 0 radical (unpaired) electrons. The highest BCUT2D eigenvalue weighted by atomic mass is 19.1. The van der Waals surface area contributed by atoms with Gasteiger partial charge in [0.1, 0.15) is 11.4 Å². The van der Waals surface area contributed by atoms with E-state index in [9.17, 15) is 14.3 Å². The quantitative estimate of drug-likeness (QED) is 0.821. The molecule has 1 aliphatic heterocycles. The van der Waals surface area contributed by atoms with Crippen LogP contribution in [-0.2, 0) is 0 Å². The fraction of sp³-hybridized carbons (Fsp3) is 0.500. The second kappa shape index (κ2) is 5.66. The Morgan fingerprint density at radius 1 is 1.60 bits per heavy atom. The molecule has 0 aromatic heterocycles. The molecule has 0 aliphatic carbocycles. The van der Waals surface area contributed by atoms with Crippen molar-refractivity contribution in [2.24, 2.45) is 0 Å². The monoisotopic (exact) mass is 281 g/mol. The van der Waals surface area contributed by atoms with Crippen molar-refractivity contribution in [1.29, 1.82) is 0 Å². The number of carbonyl (C=O) groups is 1. The first-order valence-corrected chi connectivity index (χ1v) is 6.64. The molecule has 1 atom stereocenters. The van der Waals surface area contributed by atoms with Gasteiger partial charge in [0.2, 0.25) is 0 Å². The van der Waals surface area contributed by atoms with Gasteiger partial charge in [-0.3, -0.25) is 0 Å². The van der Waals surface area contributed by atoms with E-state index in [1.165, 1.54) is 12.1 Å². The second-order valence-corrected chi connectivity index (χ2v) is 5.32. The van der Waals surface area contributed by atoms with Gasteiger partial charge in [0.05, 0.1) is 11.4 Å². The van der Waals surface area contributed by atoms with Crippen LogP contribution in [0, 0.1) is 5.82 Å². The number of hydrogen-bond acceptors (Lipinski definition) is 4. The van der Waals surface area contributed by atoms with Crippen molar-refractivity contribution in [3.05, 3.63) is 23.5 Å². The van der Waals surface area contributed by atoms with Crippen LogP contribution in [0.4, 0.5) is 15.8 Å². The number of likely N-dealkylation sites (tertiary alicyclic amines) is 1. The van der Waals surface area contributed by atoms with E-state index in [1.54, 1.807) is 0 Å². The molecule has 1 aromatic carbocycles. The number of halogens is 1. The number of anilines is 2. The van der Waals surface area contributed by atoms with E-state index in [-0.39, 0.29) is 11.3 Å². The number of benzene rings is 1. The van der Waals surface area contributed by atoms with Crippen LogP contribution in [0.15, 0.2) is 12.1 Å². The molecule has 20 heavy (non-hydrogen) atoms. The zero-order valence-corrected chi connectivity index (χ0v) is 11.8. The molecule has 6 heteroatoms. The molecule has 1 fully saturated rings. The average Bonchev–Trinajstić information content (AvgIpc) is 2.77. The SMILES string of the molecule is CN(CC1CCCN1C)c1ccc(F)c(N)c1C(=O)O. The predicted octanol–water partition coefficient (Wildman–Crippen LogP) is 1.64. The molecule has 0 saturated carbocycles.